The van der Waals surface area contributed by atoms with Gasteiger partial charge < -0.3 is 14.7 Å². The highest BCUT2D eigenvalue weighted by atomic mass is 127. The minimum atomic E-state index is -3.37. The van der Waals surface area contributed by atoms with Crippen molar-refractivity contribution < 1.29 is 12.9 Å². The van der Waals surface area contributed by atoms with Crippen molar-refractivity contribution in [1.29, 1.82) is 0 Å². The fourth-order valence-electron chi connectivity index (χ4n) is 2.26. The van der Waals surface area contributed by atoms with Crippen molar-refractivity contribution in [2.75, 3.05) is 39.8 Å². The van der Waals surface area contributed by atoms with Crippen LogP contribution >= 0.6 is 24.0 Å². The van der Waals surface area contributed by atoms with E-state index in [2.05, 4.69) is 26.6 Å². The molecule has 0 unspecified atom stereocenters. The van der Waals surface area contributed by atoms with Crippen molar-refractivity contribution >= 4 is 40.0 Å². The molecule has 10 heteroatoms. The topological polar surface area (TPSA) is 91.0 Å². The second-order valence-corrected chi connectivity index (χ2v) is 6.82. The van der Waals surface area contributed by atoms with E-state index in [0.717, 1.165) is 5.96 Å². The molecular formula is C13H22IN5O3S. The van der Waals surface area contributed by atoms with Gasteiger partial charge in [0.05, 0.1) is 5.69 Å². The smallest absolute Gasteiger partial charge is 0.220 e. The van der Waals surface area contributed by atoms with Gasteiger partial charge in [-0.1, -0.05) is 11.2 Å². The summed E-state index contributed by atoms with van der Waals surface area (Å²) in [6.07, 6.45) is 3.13. The Morgan fingerprint density at radius 3 is 2.70 bits per heavy atom. The number of piperazine rings is 1. The second kappa shape index (κ2) is 9.23. The summed E-state index contributed by atoms with van der Waals surface area (Å²) in [5, 5.41) is 6.80. The third-order valence-electron chi connectivity index (χ3n) is 3.37. The van der Waals surface area contributed by atoms with Crippen LogP contribution in [-0.4, -0.2) is 68.5 Å². The minimum Gasteiger partial charge on any atom is -0.364 e. The Hall–Kier alpha value is -1.14. The first kappa shape index (κ1) is 19.9. The molecule has 0 aliphatic carbocycles. The molecule has 1 aliphatic heterocycles. The number of nitrogens with zero attached hydrogens (tertiary/aromatic N) is 4. The summed E-state index contributed by atoms with van der Waals surface area (Å²) in [6.45, 7) is 6.31. The fourth-order valence-corrected chi connectivity index (χ4v) is 3.69. The van der Waals surface area contributed by atoms with Crippen LogP contribution < -0.4 is 5.32 Å². The number of guanidine groups is 1. The third kappa shape index (κ3) is 5.46. The first-order valence-electron chi connectivity index (χ1n) is 7.00. The molecule has 1 saturated heterocycles. The highest BCUT2D eigenvalue weighted by Gasteiger charge is 2.28. The summed E-state index contributed by atoms with van der Waals surface area (Å²) < 4.78 is 30.8. The van der Waals surface area contributed by atoms with E-state index in [1.807, 2.05) is 4.90 Å². The maximum atomic E-state index is 12.3. The first-order valence-corrected chi connectivity index (χ1v) is 8.61. The zero-order valence-corrected chi connectivity index (χ0v) is 16.2. The normalized spacial score (nSPS) is 16.7. The monoisotopic (exact) mass is 455 g/mol. The van der Waals surface area contributed by atoms with Crippen LogP contribution in [-0.2, 0) is 15.8 Å². The molecule has 0 radical (unpaired) electrons. The largest absolute Gasteiger partial charge is 0.364 e. The molecule has 2 rings (SSSR count). The Kier molecular flexibility index (Phi) is 7.99. The number of rotatable bonds is 5. The molecular weight excluding hydrogens is 433 g/mol. The summed E-state index contributed by atoms with van der Waals surface area (Å²) >= 11 is 0. The number of sulfonamides is 1. The van der Waals surface area contributed by atoms with Crippen LogP contribution in [0.1, 0.15) is 5.69 Å². The lowest BCUT2D eigenvalue weighted by molar-refractivity contribution is 0.260. The molecule has 8 nitrogen and oxygen atoms in total. The van der Waals surface area contributed by atoms with Gasteiger partial charge in [-0.05, 0) is 0 Å². The predicted octanol–water partition coefficient (Wildman–Crippen LogP) is 0.501. The molecule has 1 aromatic rings. The number of hydrogen-bond acceptors (Lipinski definition) is 5. The maximum absolute atomic E-state index is 12.3. The molecule has 2 heterocycles. The fraction of sp³-hybridized carbons (Fsp3) is 0.538. The molecule has 0 aromatic carbocycles. The van der Waals surface area contributed by atoms with E-state index < -0.39 is 10.0 Å². The van der Waals surface area contributed by atoms with Gasteiger partial charge in [0.25, 0.3) is 0 Å². The van der Waals surface area contributed by atoms with Crippen molar-refractivity contribution in [1.82, 2.24) is 19.7 Å². The molecule has 23 heavy (non-hydrogen) atoms. The Bertz CT molecular complexity index is 610. The molecule has 0 bridgehead atoms. The molecule has 1 fully saturated rings. The van der Waals surface area contributed by atoms with Crippen LogP contribution in [0.2, 0.25) is 0 Å². The highest BCUT2D eigenvalue weighted by Crippen LogP contribution is 2.12. The second-order valence-electron chi connectivity index (χ2n) is 4.85. The molecule has 1 aliphatic rings. The predicted molar refractivity (Wildman–Crippen MR) is 99.2 cm³/mol. The molecule has 1 N–H and O–H groups in total. The van der Waals surface area contributed by atoms with Gasteiger partial charge in [-0.2, -0.15) is 4.31 Å². The SMILES string of the molecule is C=CCNC(=NC)N1CCN(S(=O)(=O)Cc2ccon2)CC1.I. The Morgan fingerprint density at radius 1 is 1.48 bits per heavy atom. The van der Waals surface area contributed by atoms with Crippen LogP contribution in [0.15, 0.2) is 34.5 Å². The van der Waals surface area contributed by atoms with Gasteiger partial charge in [0.2, 0.25) is 10.0 Å². The molecule has 0 amide bonds. The van der Waals surface area contributed by atoms with Crippen LogP contribution in [0, 0.1) is 0 Å². The third-order valence-corrected chi connectivity index (χ3v) is 5.18. The van der Waals surface area contributed by atoms with Crippen molar-refractivity contribution in [2.45, 2.75) is 5.75 Å². The van der Waals surface area contributed by atoms with Crippen molar-refractivity contribution in [2.24, 2.45) is 4.99 Å². The summed E-state index contributed by atoms with van der Waals surface area (Å²) in [6, 6.07) is 1.56. The first-order chi connectivity index (χ1) is 10.6. The van der Waals surface area contributed by atoms with Gasteiger partial charge in [0.1, 0.15) is 12.0 Å². The lowest BCUT2D eigenvalue weighted by Gasteiger charge is -2.35. The average Bonchev–Trinajstić information content (AvgIpc) is 3.01. The highest BCUT2D eigenvalue weighted by molar-refractivity contribution is 14.0. The van der Waals surface area contributed by atoms with E-state index in [-0.39, 0.29) is 29.7 Å². The van der Waals surface area contributed by atoms with Gasteiger partial charge in [-0.3, -0.25) is 4.99 Å². The Balaban J connectivity index is 0.00000264. The molecule has 0 atom stereocenters. The summed E-state index contributed by atoms with van der Waals surface area (Å²) in [4.78, 5) is 6.22. The number of hydrogen-bond donors (Lipinski definition) is 1. The Morgan fingerprint density at radius 2 is 2.17 bits per heavy atom. The average molecular weight is 455 g/mol. The van der Waals surface area contributed by atoms with E-state index in [9.17, 15) is 8.42 Å². The van der Waals surface area contributed by atoms with Crippen molar-refractivity contribution in [3.05, 3.63) is 30.7 Å². The van der Waals surface area contributed by atoms with Gasteiger partial charge in [-0.25, -0.2) is 8.42 Å². The molecule has 130 valence electrons. The van der Waals surface area contributed by atoms with E-state index >= 15 is 0 Å². The zero-order valence-electron chi connectivity index (χ0n) is 13.0. The van der Waals surface area contributed by atoms with Gasteiger partial charge in [-0.15, -0.1) is 30.6 Å². The summed E-state index contributed by atoms with van der Waals surface area (Å²) in [5.74, 6) is 0.626. The van der Waals surface area contributed by atoms with E-state index in [4.69, 9.17) is 0 Å². The number of nitrogens with one attached hydrogen (secondary N) is 1. The molecule has 0 saturated carbocycles. The maximum Gasteiger partial charge on any atom is 0.220 e. The lowest BCUT2D eigenvalue weighted by atomic mass is 10.4. The zero-order chi connectivity index (χ0) is 16.0. The Labute approximate surface area is 153 Å². The van der Waals surface area contributed by atoms with Crippen LogP contribution in [0.3, 0.4) is 0 Å². The van der Waals surface area contributed by atoms with Gasteiger partial charge >= 0.3 is 0 Å². The van der Waals surface area contributed by atoms with Crippen LogP contribution in [0.25, 0.3) is 0 Å². The van der Waals surface area contributed by atoms with Gasteiger partial charge in [0.15, 0.2) is 5.96 Å². The van der Waals surface area contributed by atoms with Gasteiger partial charge in [0, 0.05) is 45.8 Å². The van der Waals surface area contributed by atoms with Crippen LogP contribution in [0.5, 0.6) is 0 Å². The molecule has 0 spiro atoms. The number of aliphatic imine (C=N–C) groups is 1. The standard InChI is InChI=1S/C13H21N5O3S.HI/c1-3-5-15-13(14-2)17-6-8-18(9-7-17)22(19,20)11-12-4-10-21-16-12;/h3-4,10H,1,5-9,11H2,2H3,(H,14,15);1H. The van der Waals surface area contributed by atoms with Crippen molar-refractivity contribution in [3.63, 3.8) is 0 Å². The van der Waals surface area contributed by atoms with E-state index in [0.29, 0.717) is 38.4 Å². The summed E-state index contributed by atoms with van der Waals surface area (Å²) in [7, 11) is -1.66. The quantitative estimate of drug-likeness (QED) is 0.301. The lowest BCUT2D eigenvalue weighted by Crippen LogP contribution is -2.53. The summed E-state index contributed by atoms with van der Waals surface area (Å²) in [5.41, 5.74) is 0.422. The van der Waals surface area contributed by atoms with Crippen LogP contribution in [0.4, 0.5) is 0 Å². The van der Waals surface area contributed by atoms with E-state index in [1.165, 1.54) is 10.6 Å². The minimum absolute atomic E-state index is 0. The molecule has 1 aromatic heterocycles. The number of halogens is 1. The number of aromatic nitrogens is 1. The van der Waals surface area contributed by atoms with E-state index in [1.54, 1.807) is 19.2 Å². The van der Waals surface area contributed by atoms with Crippen molar-refractivity contribution in [3.8, 4) is 0 Å².